The van der Waals surface area contributed by atoms with Crippen molar-refractivity contribution in [3.8, 4) is 0 Å². The molecular weight excluding hydrogens is 216 g/mol. The molecule has 3 aromatic heterocycles. The van der Waals surface area contributed by atoms with E-state index >= 15 is 0 Å². The molecule has 0 aromatic carbocycles. The Morgan fingerprint density at radius 3 is 3.12 bits per heavy atom. The average Bonchev–Trinajstić information content (AvgIpc) is 2.96. The molecule has 0 aliphatic heterocycles. The molecule has 1 unspecified atom stereocenters. The number of H-pyrrole nitrogens is 1. The van der Waals surface area contributed by atoms with Gasteiger partial charge >= 0.3 is 0 Å². The van der Waals surface area contributed by atoms with E-state index in [1.165, 1.54) is 0 Å². The van der Waals surface area contributed by atoms with Gasteiger partial charge in [0.1, 0.15) is 0 Å². The third kappa shape index (κ3) is 1.78. The molecule has 3 aromatic rings. The smallest absolute Gasteiger partial charge is 0.160 e. The van der Waals surface area contributed by atoms with Crippen LogP contribution in [0.15, 0.2) is 36.9 Å². The summed E-state index contributed by atoms with van der Waals surface area (Å²) in [5.41, 5.74) is 7.92. The number of hydrogen-bond donors (Lipinski definition) is 2. The van der Waals surface area contributed by atoms with Crippen molar-refractivity contribution in [2.24, 2.45) is 5.73 Å². The quantitative estimate of drug-likeness (QED) is 0.690. The van der Waals surface area contributed by atoms with Crippen LogP contribution in [0.1, 0.15) is 17.6 Å². The van der Waals surface area contributed by atoms with E-state index in [1.807, 2.05) is 28.8 Å². The molecule has 3 N–H and O–H groups in total. The van der Waals surface area contributed by atoms with Gasteiger partial charge in [-0.05, 0) is 12.1 Å². The van der Waals surface area contributed by atoms with Crippen molar-refractivity contribution in [3.05, 3.63) is 48.4 Å². The second-order valence-corrected chi connectivity index (χ2v) is 3.87. The summed E-state index contributed by atoms with van der Waals surface area (Å²) in [7, 11) is 0. The van der Waals surface area contributed by atoms with Crippen LogP contribution in [0.5, 0.6) is 0 Å². The van der Waals surface area contributed by atoms with E-state index in [9.17, 15) is 0 Å². The molecule has 3 heterocycles. The standard InChI is InChI=1S/C11H12N6/c12-9(5-8-6-13-7-14-8)11-16-15-10-3-1-2-4-17(10)11/h1-4,6-7,9H,5,12H2,(H,13,14). The SMILES string of the molecule is NC(Cc1cnc[nH]1)c1nnc2ccccn12. The van der Waals surface area contributed by atoms with Crippen LogP contribution < -0.4 is 5.73 Å². The largest absolute Gasteiger partial charge is 0.348 e. The maximum Gasteiger partial charge on any atom is 0.160 e. The van der Waals surface area contributed by atoms with Crippen LogP contribution in [0.3, 0.4) is 0 Å². The van der Waals surface area contributed by atoms with E-state index in [4.69, 9.17) is 5.73 Å². The Morgan fingerprint density at radius 2 is 2.29 bits per heavy atom. The van der Waals surface area contributed by atoms with Gasteiger partial charge in [-0.1, -0.05) is 6.07 Å². The van der Waals surface area contributed by atoms with Gasteiger partial charge in [0.15, 0.2) is 11.5 Å². The van der Waals surface area contributed by atoms with Crippen molar-refractivity contribution in [2.45, 2.75) is 12.5 Å². The monoisotopic (exact) mass is 228 g/mol. The van der Waals surface area contributed by atoms with Crippen LogP contribution in [0.4, 0.5) is 0 Å². The third-order valence-corrected chi connectivity index (χ3v) is 2.67. The molecule has 0 spiro atoms. The number of rotatable bonds is 3. The van der Waals surface area contributed by atoms with Crippen LogP contribution in [-0.2, 0) is 6.42 Å². The third-order valence-electron chi connectivity index (χ3n) is 2.67. The lowest BCUT2D eigenvalue weighted by molar-refractivity contribution is 0.650. The first-order valence-electron chi connectivity index (χ1n) is 5.37. The number of nitrogens with zero attached hydrogens (tertiary/aromatic N) is 4. The second kappa shape index (κ2) is 3.99. The molecule has 0 saturated carbocycles. The van der Waals surface area contributed by atoms with Gasteiger partial charge in [-0.15, -0.1) is 10.2 Å². The Morgan fingerprint density at radius 1 is 1.35 bits per heavy atom. The highest BCUT2D eigenvalue weighted by atomic mass is 15.3. The Balaban J connectivity index is 1.93. The van der Waals surface area contributed by atoms with Crippen molar-refractivity contribution in [1.29, 1.82) is 0 Å². The molecule has 0 amide bonds. The lowest BCUT2D eigenvalue weighted by atomic mass is 10.1. The van der Waals surface area contributed by atoms with Gasteiger partial charge in [0.05, 0.1) is 12.4 Å². The van der Waals surface area contributed by atoms with E-state index in [2.05, 4.69) is 20.2 Å². The van der Waals surface area contributed by atoms with Crippen molar-refractivity contribution < 1.29 is 0 Å². The van der Waals surface area contributed by atoms with Gasteiger partial charge in [0, 0.05) is 24.5 Å². The maximum absolute atomic E-state index is 6.13. The number of nitrogens with two attached hydrogens (primary N) is 1. The molecule has 1 atom stereocenters. The van der Waals surface area contributed by atoms with Gasteiger partial charge in [-0.3, -0.25) is 4.40 Å². The average molecular weight is 228 g/mol. The lowest BCUT2D eigenvalue weighted by Gasteiger charge is -2.07. The molecule has 86 valence electrons. The first-order valence-corrected chi connectivity index (χ1v) is 5.37. The minimum absolute atomic E-state index is 0.201. The summed E-state index contributed by atoms with van der Waals surface area (Å²) in [6.07, 6.45) is 5.99. The Hall–Kier alpha value is -2.21. The van der Waals surface area contributed by atoms with Crippen molar-refractivity contribution in [1.82, 2.24) is 24.6 Å². The van der Waals surface area contributed by atoms with Crippen LogP contribution in [0, 0.1) is 0 Å². The lowest BCUT2D eigenvalue weighted by Crippen LogP contribution is -2.16. The molecule has 0 aliphatic carbocycles. The summed E-state index contributed by atoms with van der Waals surface area (Å²) in [6, 6.07) is 5.56. The molecular formula is C11H12N6. The predicted molar refractivity (Wildman–Crippen MR) is 62.2 cm³/mol. The fourth-order valence-corrected chi connectivity index (χ4v) is 1.84. The van der Waals surface area contributed by atoms with Gasteiger partial charge in [-0.25, -0.2) is 4.98 Å². The summed E-state index contributed by atoms with van der Waals surface area (Å²) in [4.78, 5) is 6.99. The second-order valence-electron chi connectivity index (χ2n) is 3.87. The molecule has 6 nitrogen and oxygen atoms in total. The van der Waals surface area contributed by atoms with E-state index in [0.29, 0.717) is 6.42 Å². The van der Waals surface area contributed by atoms with Crippen LogP contribution in [-0.4, -0.2) is 24.6 Å². The molecule has 3 rings (SSSR count). The highest BCUT2D eigenvalue weighted by Crippen LogP contribution is 2.13. The van der Waals surface area contributed by atoms with E-state index in [0.717, 1.165) is 17.2 Å². The van der Waals surface area contributed by atoms with E-state index < -0.39 is 0 Å². The van der Waals surface area contributed by atoms with Crippen LogP contribution in [0.25, 0.3) is 5.65 Å². The minimum Gasteiger partial charge on any atom is -0.348 e. The minimum atomic E-state index is -0.201. The number of hydrogen-bond acceptors (Lipinski definition) is 4. The zero-order chi connectivity index (χ0) is 11.7. The first kappa shape index (κ1) is 9.98. The highest BCUT2D eigenvalue weighted by molar-refractivity contribution is 5.37. The normalized spacial score (nSPS) is 13.0. The van der Waals surface area contributed by atoms with Gasteiger partial charge < -0.3 is 10.7 Å². The molecule has 0 bridgehead atoms. The molecule has 0 radical (unpaired) electrons. The summed E-state index contributed by atoms with van der Waals surface area (Å²) < 4.78 is 1.90. The predicted octanol–water partition coefficient (Wildman–Crippen LogP) is 0.695. The Labute approximate surface area is 97.5 Å². The number of pyridine rings is 1. The molecule has 6 heteroatoms. The fraction of sp³-hybridized carbons (Fsp3) is 0.182. The Kier molecular flexibility index (Phi) is 2.34. The first-order chi connectivity index (χ1) is 8.34. The zero-order valence-electron chi connectivity index (χ0n) is 9.11. The summed E-state index contributed by atoms with van der Waals surface area (Å²) >= 11 is 0. The molecule has 17 heavy (non-hydrogen) atoms. The van der Waals surface area contributed by atoms with Crippen molar-refractivity contribution in [3.63, 3.8) is 0 Å². The van der Waals surface area contributed by atoms with E-state index in [1.54, 1.807) is 12.5 Å². The zero-order valence-corrected chi connectivity index (χ0v) is 9.11. The molecule has 0 saturated heterocycles. The summed E-state index contributed by atoms with van der Waals surface area (Å²) in [5.74, 6) is 0.759. The Bertz CT molecular complexity index is 612. The van der Waals surface area contributed by atoms with Crippen molar-refractivity contribution >= 4 is 5.65 Å². The van der Waals surface area contributed by atoms with Crippen LogP contribution >= 0.6 is 0 Å². The maximum atomic E-state index is 6.13. The van der Waals surface area contributed by atoms with Gasteiger partial charge in [-0.2, -0.15) is 0 Å². The van der Waals surface area contributed by atoms with Gasteiger partial charge in [0.25, 0.3) is 0 Å². The van der Waals surface area contributed by atoms with Gasteiger partial charge in [0.2, 0.25) is 0 Å². The summed E-state index contributed by atoms with van der Waals surface area (Å²) in [5, 5.41) is 8.21. The summed E-state index contributed by atoms with van der Waals surface area (Å²) in [6.45, 7) is 0. The number of aromatic nitrogens is 5. The van der Waals surface area contributed by atoms with Crippen LogP contribution in [0.2, 0.25) is 0 Å². The molecule has 0 aliphatic rings. The van der Waals surface area contributed by atoms with Crippen molar-refractivity contribution in [2.75, 3.05) is 0 Å². The fourth-order valence-electron chi connectivity index (χ4n) is 1.84. The number of imidazole rings is 1. The highest BCUT2D eigenvalue weighted by Gasteiger charge is 2.14. The topological polar surface area (TPSA) is 84.9 Å². The number of nitrogens with one attached hydrogen (secondary N) is 1. The molecule has 0 fully saturated rings. The van der Waals surface area contributed by atoms with E-state index in [-0.39, 0.29) is 6.04 Å². The number of aromatic amines is 1. The number of fused-ring (bicyclic) bond motifs is 1.